The lowest BCUT2D eigenvalue weighted by Crippen LogP contribution is -2.24. The summed E-state index contributed by atoms with van der Waals surface area (Å²) in [5.74, 6) is -0.263. The summed E-state index contributed by atoms with van der Waals surface area (Å²) in [6.07, 6.45) is 1.10. The molecule has 0 aliphatic heterocycles. The summed E-state index contributed by atoms with van der Waals surface area (Å²) in [5.41, 5.74) is 1.53. The summed E-state index contributed by atoms with van der Waals surface area (Å²) in [7, 11) is -1.99. The van der Waals surface area contributed by atoms with E-state index in [2.05, 4.69) is 10.3 Å². The molecule has 0 bridgehead atoms. The van der Waals surface area contributed by atoms with Crippen LogP contribution in [0.3, 0.4) is 0 Å². The van der Waals surface area contributed by atoms with E-state index in [1.807, 2.05) is 42.5 Å². The van der Waals surface area contributed by atoms with Crippen LogP contribution in [-0.2, 0) is 16.6 Å². The van der Waals surface area contributed by atoms with Crippen LogP contribution in [0.5, 0.6) is 0 Å². The zero-order valence-electron chi connectivity index (χ0n) is 14.7. The summed E-state index contributed by atoms with van der Waals surface area (Å²) in [6.45, 7) is 2.08. The molecule has 1 N–H and O–H groups in total. The second-order valence-corrected chi connectivity index (χ2v) is 8.95. The summed E-state index contributed by atoms with van der Waals surface area (Å²) in [5, 5.41) is 5.39. The Labute approximate surface area is 156 Å². The number of aryl methyl sites for hydroxylation is 1. The van der Waals surface area contributed by atoms with E-state index < -0.39 is 10.0 Å². The molecule has 0 saturated heterocycles. The van der Waals surface area contributed by atoms with Crippen molar-refractivity contribution in [3.63, 3.8) is 0 Å². The van der Waals surface area contributed by atoms with E-state index in [0.717, 1.165) is 38.2 Å². The van der Waals surface area contributed by atoms with E-state index in [1.165, 1.54) is 7.05 Å². The van der Waals surface area contributed by atoms with Gasteiger partial charge in [0.2, 0.25) is 10.0 Å². The Hall–Kier alpha value is -2.45. The number of thiazole rings is 1. The summed E-state index contributed by atoms with van der Waals surface area (Å²) < 4.78 is 24.4. The minimum atomic E-state index is -3.42. The first kappa shape index (κ1) is 18.3. The number of nitrogens with one attached hydrogen (secondary N) is 1. The van der Waals surface area contributed by atoms with Crippen molar-refractivity contribution in [1.82, 2.24) is 10.3 Å². The Morgan fingerprint density at radius 2 is 1.88 bits per heavy atom. The van der Waals surface area contributed by atoms with Gasteiger partial charge < -0.3 is 5.32 Å². The molecule has 3 rings (SSSR count). The van der Waals surface area contributed by atoms with Crippen molar-refractivity contribution >= 4 is 43.2 Å². The van der Waals surface area contributed by atoms with Gasteiger partial charge >= 0.3 is 0 Å². The number of fused-ring (bicyclic) bond motifs is 1. The molecule has 8 heteroatoms. The van der Waals surface area contributed by atoms with Crippen LogP contribution in [0, 0.1) is 6.92 Å². The van der Waals surface area contributed by atoms with Gasteiger partial charge in [-0.3, -0.25) is 4.79 Å². The molecule has 0 spiro atoms. The van der Waals surface area contributed by atoms with Gasteiger partial charge in [-0.2, -0.15) is 0 Å². The number of hydrogen-bond donors (Lipinski definition) is 1. The molecule has 1 aromatic heterocycles. The van der Waals surface area contributed by atoms with Crippen molar-refractivity contribution in [3.05, 3.63) is 58.6 Å². The molecule has 0 fully saturated rings. The molecule has 0 radical (unpaired) electrons. The summed E-state index contributed by atoms with van der Waals surface area (Å²) >= 11 is 1.06. The topological polar surface area (TPSA) is 79.4 Å². The first-order valence-electron chi connectivity index (χ1n) is 7.93. The molecule has 2 aromatic carbocycles. The number of aromatic nitrogens is 1. The van der Waals surface area contributed by atoms with Crippen LogP contribution >= 0.6 is 11.3 Å². The predicted molar refractivity (Wildman–Crippen MR) is 105 cm³/mol. The van der Waals surface area contributed by atoms with Gasteiger partial charge in [0, 0.05) is 13.6 Å². The Morgan fingerprint density at radius 3 is 2.62 bits per heavy atom. The van der Waals surface area contributed by atoms with E-state index >= 15 is 0 Å². The second kappa shape index (κ2) is 7.05. The molecule has 0 unspecified atom stereocenters. The fraction of sp³-hybridized carbons (Fsp3) is 0.222. The molecule has 0 atom stereocenters. The molecular formula is C18H19N3O3S2. The standard InChI is InChI=1S/C18H19N3O3S2/c1-12-16(25-18(20-12)21(2)26(3,23)24)17(22)19-11-14-9-6-8-13-7-4-5-10-15(13)14/h4-10H,11H2,1-3H3,(H,19,22). The van der Waals surface area contributed by atoms with Crippen LogP contribution < -0.4 is 9.62 Å². The summed E-state index contributed by atoms with van der Waals surface area (Å²) in [4.78, 5) is 17.2. The molecule has 1 amide bonds. The van der Waals surface area contributed by atoms with Crippen molar-refractivity contribution in [2.24, 2.45) is 0 Å². The second-order valence-electron chi connectivity index (χ2n) is 5.96. The monoisotopic (exact) mass is 389 g/mol. The third-order valence-corrected chi connectivity index (χ3v) is 6.59. The molecule has 0 aliphatic rings. The Bertz CT molecular complexity index is 1070. The highest BCUT2D eigenvalue weighted by Crippen LogP contribution is 2.27. The van der Waals surface area contributed by atoms with E-state index in [0.29, 0.717) is 17.1 Å². The van der Waals surface area contributed by atoms with Gasteiger partial charge in [-0.25, -0.2) is 17.7 Å². The number of benzene rings is 2. The zero-order chi connectivity index (χ0) is 18.9. The van der Waals surface area contributed by atoms with Crippen molar-refractivity contribution in [2.75, 3.05) is 17.6 Å². The van der Waals surface area contributed by atoms with Crippen LogP contribution in [0.15, 0.2) is 42.5 Å². The number of anilines is 1. The zero-order valence-corrected chi connectivity index (χ0v) is 16.3. The Kier molecular flexibility index (Phi) is 4.97. The van der Waals surface area contributed by atoms with Crippen molar-refractivity contribution in [2.45, 2.75) is 13.5 Å². The van der Waals surface area contributed by atoms with Crippen LogP contribution in [0.4, 0.5) is 5.13 Å². The lowest BCUT2D eigenvalue weighted by molar-refractivity contribution is 0.0954. The molecule has 0 aliphatic carbocycles. The SMILES string of the molecule is Cc1nc(N(C)S(C)(=O)=O)sc1C(=O)NCc1cccc2ccccc12. The van der Waals surface area contributed by atoms with Crippen LogP contribution in [-0.4, -0.2) is 32.6 Å². The van der Waals surface area contributed by atoms with E-state index in [9.17, 15) is 13.2 Å². The number of sulfonamides is 1. The molecule has 3 aromatic rings. The molecule has 136 valence electrons. The van der Waals surface area contributed by atoms with Crippen LogP contribution in [0.1, 0.15) is 20.9 Å². The van der Waals surface area contributed by atoms with E-state index in [-0.39, 0.29) is 11.0 Å². The third-order valence-electron chi connectivity index (χ3n) is 4.08. The molecule has 6 nitrogen and oxygen atoms in total. The highest BCUT2D eigenvalue weighted by molar-refractivity contribution is 7.92. The van der Waals surface area contributed by atoms with Gasteiger partial charge in [0.25, 0.3) is 5.91 Å². The lowest BCUT2D eigenvalue weighted by Gasteiger charge is -2.11. The maximum Gasteiger partial charge on any atom is 0.263 e. The Balaban J connectivity index is 1.79. The number of carbonyl (C=O) groups excluding carboxylic acids is 1. The minimum absolute atomic E-state index is 0.263. The average Bonchev–Trinajstić information content (AvgIpc) is 2.99. The van der Waals surface area contributed by atoms with Gasteiger partial charge in [0.1, 0.15) is 4.88 Å². The average molecular weight is 390 g/mol. The van der Waals surface area contributed by atoms with Gasteiger partial charge in [-0.15, -0.1) is 0 Å². The smallest absolute Gasteiger partial charge is 0.263 e. The number of hydrogen-bond acceptors (Lipinski definition) is 5. The maximum atomic E-state index is 12.6. The normalized spacial score (nSPS) is 11.5. The van der Waals surface area contributed by atoms with E-state index in [4.69, 9.17) is 0 Å². The lowest BCUT2D eigenvalue weighted by atomic mass is 10.0. The Morgan fingerprint density at radius 1 is 1.19 bits per heavy atom. The highest BCUT2D eigenvalue weighted by atomic mass is 32.2. The van der Waals surface area contributed by atoms with Gasteiger partial charge in [0.15, 0.2) is 5.13 Å². The molecular weight excluding hydrogens is 370 g/mol. The third kappa shape index (κ3) is 3.71. The van der Waals surface area contributed by atoms with Crippen LogP contribution in [0.25, 0.3) is 10.8 Å². The van der Waals surface area contributed by atoms with Crippen molar-refractivity contribution in [3.8, 4) is 0 Å². The van der Waals surface area contributed by atoms with Crippen molar-refractivity contribution < 1.29 is 13.2 Å². The number of amides is 1. The summed E-state index contributed by atoms with van der Waals surface area (Å²) in [6, 6.07) is 14.0. The molecule has 26 heavy (non-hydrogen) atoms. The predicted octanol–water partition coefficient (Wildman–Crippen LogP) is 2.93. The molecule has 1 heterocycles. The molecule has 0 saturated carbocycles. The van der Waals surface area contributed by atoms with E-state index in [1.54, 1.807) is 6.92 Å². The number of nitrogens with zero attached hydrogens (tertiary/aromatic N) is 2. The first-order chi connectivity index (χ1) is 12.3. The van der Waals surface area contributed by atoms with Gasteiger partial charge in [-0.1, -0.05) is 53.8 Å². The first-order valence-corrected chi connectivity index (χ1v) is 10.6. The van der Waals surface area contributed by atoms with Crippen molar-refractivity contribution in [1.29, 1.82) is 0 Å². The fourth-order valence-corrected chi connectivity index (χ4v) is 4.27. The van der Waals surface area contributed by atoms with Gasteiger partial charge in [-0.05, 0) is 23.3 Å². The van der Waals surface area contributed by atoms with Crippen LogP contribution in [0.2, 0.25) is 0 Å². The number of rotatable bonds is 5. The number of carbonyl (C=O) groups is 1. The largest absolute Gasteiger partial charge is 0.347 e. The minimum Gasteiger partial charge on any atom is -0.347 e. The van der Waals surface area contributed by atoms with Gasteiger partial charge in [0.05, 0.1) is 11.9 Å². The highest BCUT2D eigenvalue weighted by Gasteiger charge is 2.21. The quantitative estimate of drug-likeness (QED) is 0.728. The fourth-order valence-electron chi connectivity index (χ4n) is 2.57. The maximum absolute atomic E-state index is 12.6.